The van der Waals surface area contributed by atoms with Crippen LogP contribution in [-0.4, -0.2) is 14.4 Å². The molecular formula is C42H27N3. The van der Waals surface area contributed by atoms with Gasteiger partial charge in [0, 0.05) is 27.5 Å². The molecule has 9 rings (SSSR count). The Balaban J connectivity index is 1.15. The SMILES string of the molecule is c1ccc(-c2cc(-c3ccc(-c4ccc5c(c4)c4c(-c6ccccc6)nc6cccc5n64)cc3)cc(-c3ccccc3)n2)cc1. The molecule has 4 heterocycles. The van der Waals surface area contributed by atoms with Crippen LogP contribution in [0.2, 0.25) is 0 Å². The van der Waals surface area contributed by atoms with Gasteiger partial charge in [0.05, 0.1) is 28.1 Å². The van der Waals surface area contributed by atoms with E-state index in [1.165, 1.54) is 32.9 Å². The second kappa shape index (κ2) is 10.3. The van der Waals surface area contributed by atoms with Crippen LogP contribution in [0.15, 0.2) is 164 Å². The summed E-state index contributed by atoms with van der Waals surface area (Å²) in [6.45, 7) is 0. The Bertz CT molecular complexity index is 2390. The minimum absolute atomic E-state index is 0.968. The highest BCUT2D eigenvalue weighted by atomic mass is 15.0. The maximum Gasteiger partial charge on any atom is 0.138 e. The topological polar surface area (TPSA) is 30.2 Å². The van der Waals surface area contributed by atoms with Crippen molar-refractivity contribution in [2.45, 2.75) is 0 Å². The average Bonchev–Trinajstić information content (AvgIpc) is 3.68. The number of imidazole rings is 1. The fourth-order valence-electron chi connectivity index (χ4n) is 6.56. The molecule has 0 saturated heterocycles. The van der Waals surface area contributed by atoms with Crippen LogP contribution < -0.4 is 0 Å². The van der Waals surface area contributed by atoms with Crippen molar-refractivity contribution in [1.29, 1.82) is 0 Å². The van der Waals surface area contributed by atoms with Gasteiger partial charge in [-0.05, 0) is 52.6 Å². The molecule has 0 aliphatic rings. The molecule has 0 spiro atoms. The van der Waals surface area contributed by atoms with Gasteiger partial charge in [-0.1, -0.05) is 133 Å². The monoisotopic (exact) mass is 573 g/mol. The van der Waals surface area contributed by atoms with Crippen molar-refractivity contribution >= 4 is 27.5 Å². The van der Waals surface area contributed by atoms with Gasteiger partial charge in [-0.3, -0.25) is 4.40 Å². The first-order valence-electron chi connectivity index (χ1n) is 15.3. The lowest BCUT2D eigenvalue weighted by atomic mass is 9.96. The molecule has 0 amide bonds. The Morgan fingerprint density at radius 3 is 1.53 bits per heavy atom. The van der Waals surface area contributed by atoms with Gasteiger partial charge in [0.1, 0.15) is 5.65 Å². The third kappa shape index (κ3) is 4.29. The van der Waals surface area contributed by atoms with Crippen LogP contribution in [0.5, 0.6) is 0 Å². The van der Waals surface area contributed by atoms with Gasteiger partial charge in [0.25, 0.3) is 0 Å². The van der Waals surface area contributed by atoms with E-state index >= 15 is 0 Å². The zero-order valence-corrected chi connectivity index (χ0v) is 24.4. The molecule has 4 aromatic heterocycles. The molecule has 0 bridgehead atoms. The number of fused-ring (bicyclic) bond motifs is 3. The van der Waals surface area contributed by atoms with E-state index < -0.39 is 0 Å². The summed E-state index contributed by atoms with van der Waals surface area (Å²) in [5.41, 5.74) is 14.3. The van der Waals surface area contributed by atoms with Gasteiger partial charge in [-0.2, -0.15) is 0 Å². The number of hydrogen-bond acceptors (Lipinski definition) is 2. The van der Waals surface area contributed by atoms with Crippen molar-refractivity contribution in [3.05, 3.63) is 164 Å². The Kier molecular flexibility index (Phi) is 5.82. The van der Waals surface area contributed by atoms with Crippen LogP contribution in [-0.2, 0) is 0 Å². The lowest BCUT2D eigenvalue weighted by Gasteiger charge is -2.11. The van der Waals surface area contributed by atoms with Crippen molar-refractivity contribution in [3.8, 4) is 56.0 Å². The molecule has 0 aliphatic heterocycles. The molecular weight excluding hydrogens is 546 g/mol. The van der Waals surface area contributed by atoms with Gasteiger partial charge >= 0.3 is 0 Å². The van der Waals surface area contributed by atoms with E-state index in [-0.39, 0.29) is 0 Å². The van der Waals surface area contributed by atoms with Crippen molar-refractivity contribution in [2.75, 3.05) is 0 Å². The molecule has 0 atom stereocenters. The first-order valence-corrected chi connectivity index (χ1v) is 15.3. The molecule has 0 radical (unpaired) electrons. The lowest BCUT2D eigenvalue weighted by molar-refractivity contribution is 1.31. The average molecular weight is 574 g/mol. The highest BCUT2D eigenvalue weighted by Crippen LogP contribution is 2.39. The van der Waals surface area contributed by atoms with Crippen LogP contribution in [0.3, 0.4) is 0 Å². The van der Waals surface area contributed by atoms with Gasteiger partial charge < -0.3 is 0 Å². The van der Waals surface area contributed by atoms with E-state index in [0.717, 1.165) is 50.5 Å². The summed E-state index contributed by atoms with van der Waals surface area (Å²) in [7, 11) is 0. The summed E-state index contributed by atoms with van der Waals surface area (Å²) in [6, 6.07) is 57.8. The number of aromatic nitrogens is 3. The summed E-state index contributed by atoms with van der Waals surface area (Å²) in [4.78, 5) is 10.1. The van der Waals surface area contributed by atoms with Crippen molar-refractivity contribution in [1.82, 2.24) is 14.4 Å². The summed E-state index contributed by atoms with van der Waals surface area (Å²) in [5.74, 6) is 0. The molecule has 0 N–H and O–H groups in total. The Morgan fingerprint density at radius 1 is 0.356 bits per heavy atom. The summed E-state index contributed by atoms with van der Waals surface area (Å²) in [6.07, 6.45) is 0. The highest BCUT2D eigenvalue weighted by molar-refractivity contribution is 6.14. The van der Waals surface area contributed by atoms with Gasteiger partial charge in [-0.15, -0.1) is 0 Å². The van der Waals surface area contributed by atoms with Crippen LogP contribution in [0.1, 0.15) is 0 Å². The first kappa shape index (κ1) is 25.4. The molecule has 9 aromatic rings. The smallest absolute Gasteiger partial charge is 0.138 e. The van der Waals surface area contributed by atoms with E-state index in [1.807, 2.05) is 12.1 Å². The molecule has 0 unspecified atom stereocenters. The molecule has 0 fully saturated rings. The Morgan fingerprint density at radius 2 is 0.911 bits per heavy atom. The second-order valence-electron chi connectivity index (χ2n) is 11.5. The molecule has 3 nitrogen and oxygen atoms in total. The second-order valence-corrected chi connectivity index (χ2v) is 11.5. The van der Waals surface area contributed by atoms with Crippen LogP contribution in [0, 0.1) is 0 Å². The fourth-order valence-corrected chi connectivity index (χ4v) is 6.56. The molecule has 3 heteroatoms. The van der Waals surface area contributed by atoms with Crippen LogP contribution in [0.25, 0.3) is 83.5 Å². The largest absolute Gasteiger partial charge is 0.292 e. The van der Waals surface area contributed by atoms with Crippen molar-refractivity contribution in [3.63, 3.8) is 0 Å². The minimum Gasteiger partial charge on any atom is -0.292 e. The summed E-state index contributed by atoms with van der Waals surface area (Å²) in [5, 5.41) is 2.47. The van der Waals surface area contributed by atoms with Crippen LogP contribution >= 0.6 is 0 Å². The third-order valence-corrected chi connectivity index (χ3v) is 8.76. The normalized spacial score (nSPS) is 11.6. The molecule has 0 aliphatic carbocycles. The zero-order chi connectivity index (χ0) is 29.7. The number of pyridine rings is 2. The third-order valence-electron chi connectivity index (χ3n) is 8.76. The van der Waals surface area contributed by atoms with Crippen molar-refractivity contribution in [2.24, 2.45) is 0 Å². The van der Waals surface area contributed by atoms with Gasteiger partial charge in [0.15, 0.2) is 0 Å². The molecule has 210 valence electrons. The lowest BCUT2D eigenvalue weighted by Crippen LogP contribution is -1.91. The summed E-state index contributed by atoms with van der Waals surface area (Å²) < 4.78 is 2.30. The van der Waals surface area contributed by atoms with E-state index in [1.54, 1.807) is 0 Å². The van der Waals surface area contributed by atoms with E-state index in [2.05, 4.69) is 156 Å². The van der Waals surface area contributed by atoms with E-state index in [9.17, 15) is 0 Å². The minimum atomic E-state index is 0.968. The quantitative estimate of drug-likeness (QED) is 0.205. The predicted molar refractivity (Wildman–Crippen MR) is 186 cm³/mol. The first-order chi connectivity index (χ1) is 22.3. The maximum atomic E-state index is 5.06. The Hall–Kier alpha value is -6.06. The Labute approximate surface area is 261 Å². The summed E-state index contributed by atoms with van der Waals surface area (Å²) >= 11 is 0. The maximum absolute atomic E-state index is 5.06. The fraction of sp³-hybridized carbons (Fsp3) is 0. The van der Waals surface area contributed by atoms with Crippen LogP contribution in [0.4, 0.5) is 0 Å². The number of nitrogens with zero attached hydrogens (tertiary/aromatic N) is 3. The van der Waals surface area contributed by atoms with E-state index in [4.69, 9.17) is 9.97 Å². The van der Waals surface area contributed by atoms with Gasteiger partial charge in [-0.25, -0.2) is 9.97 Å². The van der Waals surface area contributed by atoms with Gasteiger partial charge in [0.2, 0.25) is 0 Å². The number of rotatable bonds is 5. The molecule has 5 aromatic carbocycles. The highest BCUT2D eigenvalue weighted by Gasteiger charge is 2.19. The zero-order valence-electron chi connectivity index (χ0n) is 24.4. The standard InChI is InChI=1S/C42H27N3/c1-4-11-30(12-5-1)37-26-34(27-38(43-37)31-13-6-2-7-14-31)29-21-19-28(20-22-29)33-23-24-35-36(25-33)42-41(32-15-8-3-9-16-32)44-40-18-10-17-39(35)45(40)42/h1-27H. The molecule has 45 heavy (non-hydrogen) atoms. The number of hydrogen-bond donors (Lipinski definition) is 0. The van der Waals surface area contributed by atoms with Crippen molar-refractivity contribution < 1.29 is 0 Å². The molecule has 0 saturated carbocycles. The number of benzene rings is 5. The van der Waals surface area contributed by atoms with E-state index in [0.29, 0.717) is 0 Å². The predicted octanol–water partition coefficient (Wildman–Crippen LogP) is 10.8.